The molecule has 0 unspecified atom stereocenters. The Hall–Kier alpha value is -1.76. The molecule has 0 aromatic heterocycles. The molecular weight excluding hydrogens is 373 g/mol. The fraction of sp³-hybridized carbons (Fsp3) is 0.188. The minimum absolute atomic E-state index is 0.143. The van der Waals surface area contributed by atoms with E-state index in [1.165, 1.54) is 19.2 Å². The number of aryl methyl sites for hydroxylation is 1. The summed E-state index contributed by atoms with van der Waals surface area (Å²) < 4.78 is 31.6. The Morgan fingerprint density at radius 2 is 1.83 bits per heavy atom. The molecule has 0 saturated heterocycles. The van der Waals surface area contributed by atoms with E-state index in [0.29, 0.717) is 15.6 Å². The molecule has 0 aliphatic carbocycles. The van der Waals surface area contributed by atoms with Crippen LogP contribution in [-0.4, -0.2) is 27.2 Å². The summed E-state index contributed by atoms with van der Waals surface area (Å²) in [5, 5.41) is 0.708. The summed E-state index contributed by atoms with van der Waals surface area (Å²) in [4.78, 5) is 11.7. The van der Waals surface area contributed by atoms with Crippen LogP contribution >= 0.6 is 23.2 Å². The molecule has 0 aliphatic rings. The van der Waals surface area contributed by atoms with Gasteiger partial charge in [0, 0.05) is 0 Å². The molecule has 0 spiro atoms. The van der Waals surface area contributed by atoms with Gasteiger partial charge in [0.2, 0.25) is 10.0 Å². The van der Waals surface area contributed by atoms with Crippen LogP contribution in [0.2, 0.25) is 10.0 Å². The Kier molecular flexibility index (Phi) is 6.10. The summed E-state index contributed by atoms with van der Waals surface area (Å²) in [6.07, 6.45) is 0.190. The van der Waals surface area contributed by atoms with Crippen molar-refractivity contribution in [1.82, 2.24) is 0 Å². The van der Waals surface area contributed by atoms with Crippen LogP contribution in [0, 0.1) is 0 Å². The van der Waals surface area contributed by atoms with E-state index in [-0.39, 0.29) is 23.4 Å². The molecule has 1 N–H and O–H groups in total. The van der Waals surface area contributed by atoms with E-state index in [2.05, 4.69) is 9.46 Å². The van der Waals surface area contributed by atoms with E-state index >= 15 is 0 Å². The molecule has 0 fully saturated rings. The lowest BCUT2D eigenvalue weighted by molar-refractivity contribution is 0.0602. The fourth-order valence-corrected chi connectivity index (χ4v) is 3.58. The van der Waals surface area contributed by atoms with Gasteiger partial charge in [0.1, 0.15) is 0 Å². The third kappa shape index (κ3) is 4.63. The van der Waals surface area contributed by atoms with E-state index in [9.17, 15) is 13.2 Å². The van der Waals surface area contributed by atoms with Gasteiger partial charge in [-0.2, -0.15) is 0 Å². The number of hydrogen-bond acceptors (Lipinski definition) is 4. The monoisotopic (exact) mass is 387 g/mol. The molecule has 0 aliphatic heterocycles. The van der Waals surface area contributed by atoms with Gasteiger partial charge in [0.05, 0.1) is 34.2 Å². The average molecular weight is 388 g/mol. The summed E-state index contributed by atoms with van der Waals surface area (Å²) in [6.45, 7) is 0. The molecule has 24 heavy (non-hydrogen) atoms. The Morgan fingerprint density at radius 3 is 2.54 bits per heavy atom. The zero-order chi connectivity index (χ0) is 17.7. The number of carbonyl (C=O) groups is 1. The van der Waals surface area contributed by atoms with Crippen molar-refractivity contribution in [1.29, 1.82) is 0 Å². The van der Waals surface area contributed by atoms with Crippen LogP contribution in [-0.2, 0) is 21.2 Å². The van der Waals surface area contributed by atoms with E-state index in [1.807, 2.05) is 0 Å². The van der Waals surface area contributed by atoms with Crippen LogP contribution in [0.3, 0.4) is 0 Å². The van der Waals surface area contributed by atoms with Gasteiger partial charge in [0.15, 0.2) is 0 Å². The quantitative estimate of drug-likeness (QED) is 0.765. The third-order valence-corrected chi connectivity index (χ3v) is 5.40. The molecule has 2 rings (SSSR count). The molecular formula is C16H15Cl2NO4S. The van der Waals surface area contributed by atoms with Crippen molar-refractivity contribution in [2.24, 2.45) is 0 Å². The van der Waals surface area contributed by atoms with Gasteiger partial charge in [-0.15, -0.1) is 0 Å². The number of methoxy groups -OCH3 is 1. The number of esters is 1. The smallest absolute Gasteiger partial charge is 0.339 e. The first kappa shape index (κ1) is 18.6. The number of ether oxygens (including phenoxy) is 1. The molecule has 2 aromatic carbocycles. The Labute approximate surface area is 150 Å². The number of benzene rings is 2. The standard InChI is InChI=1S/C16H15Cl2NO4S/c1-23-16(20)12-6-2-3-8-14(12)19-24(21,22)10-9-11-5-4-7-13(17)15(11)18/h2-8,19H,9-10H2,1H3. The number of hydrogen-bond donors (Lipinski definition) is 1. The molecule has 0 saturated carbocycles. The lowest BCUT2D eigenvalue weighted by Gasteiger charge is -2.12. The maximum absolute atomic E-state index is 12.3. The Balaban J connectivity index is 2.15. The van der Waals surface area contributed by atoms with Crippen LogP contribution < -0.4 is 4.72 Å². The molecule has 5 nitrogen and oxygen atoms in total. The van der Waals surface area contributed by atoms with Gasteiger partial charge >= 0.3 is 5.97 Å². The number of sulfonamides is 1. The number of carbonyl (C=O) groups excluding carboxylic acids is 1. The Morgan fingerprint density at radius 1 is 1.12 bits per heavy atom. The van der Waals surface area contributed by atoms with Gasteiger partial charge in [-0.3, -0.25) is 4.72 Å². The SMILES string of the molecule is COC(=O)c1ccccc1NS(=O)(=O)CCc1cccc(Cl)c1Cl. The van der Waals surface area contributed by atoms with E-state index < -0.39 is 16.0 Å². The van der Waals surface area contributed by atoms with Gasteiger partial charge in [0.25, 0.3) is 0 Å². The van der Waals surface area contributed by atoms with Crippen LogP contribution in [0.25, 0.3) is 0 Å². The Bertz CT molecular complexity index is 853. The van der Waals surface area contributed by atoms with Crippen molar-refractivity contribution in [2.75, 3.05) is 17.6 Å². The third-order valence-electron chi connectivity index (χ3n) is 3.27. The van der Waals surface area contributed by atoms with E-state index in [4.69, 9.17) is 23.2 Å². The largest absolute Gasteiger partial charge is 0.465 e. The molecule has 8 heteroatoms. The predicted molar refractivity (Wildman–Crippen MR) is 95.4 cm³/mol. The number of rotatable bonds is 6. The molecule has 0 atom stereocenters. The van der Waals surface area contributed by atoms with Gasteiger partial charge in [-0.25, -0.2) is 13.2 Å². The molecule has 0 heterocycles. The summed E-state index contributed by atoms with van der Waals surface area (Å²) in [6, 6.07) is 11.3. The highest BCUT2D eigenvalue weighted by molar-refractivity contribution is 7.92. The first-order valence-electron chi connectivity index (χ1n) is 6.95. The minimum Gasteiger partial charge on any atom is -0.465 e. The van der Waals surface area contributed by atoms with Crippen molar-refractivity contribution in [3.05, 3.63) is 63.6 Å². The topological polar surface area (TPSA) is 72.5 Å². The van der Waals surface area contributed by atoms with Crippen molar-refractivity contribution in [3.8, 4) is 0 Å². The fourth-order valence-electron chi connectivity index (χ4n) is 2.06. The first-order chi connectivity index (χ1) is 11.3. The number of anilines is 1. The first-order valence-corrected chi connectivity index (χ1v) is 9.35. The van der Waals surface area contributed by atoms with Crippen molar-refractivity contribution in [2.45, 2.75) is 6.42 Å². The van der Waals surface area contributed by atoms with Gasteiger partial charge in [-0.05, 0) is 30.2 Å². The van der Waals surface area contributed by atoms with E-state index in [0.717, 1.165) is 0 Å². The number of para-hydroxylation sites is 1. The van der Waals surface area contributed by atoms with E-state index in [1.54, 1.807) is 30.3 Å². The maximum Gasteiger partial charge on any atom is 0.339 e. The molecule has 0 radical (unpaired) electrons. The summed E-state index contributed by atoms with van der Waals surface area (Å²) in [7, 11) is -2.46. The van der Waals surface area contributed by atoms with Crippen molar-refractivity contribution in [3.63, 3.8) is 0 Å². The molecule has 128 valence electrons. The summed E-state index contributed by atoms with van der Waals surface area (Å²) >= 11 is 12.0. The summed E-state index contributed by atoms with van der Waals surface area (Å²) in [5.74, 6) is -0.825. The number of nitrogens with one attached hydrogen (secondary N) is 1. The second-order valence-corrected chi connectivity index (χ2v) is 7.55. The maximum atomic E-state index is 12.3. The highest BCUT2D eigenvalue weighted by Crippen LogP contribution is 2.26. The van der Waals surface area contributed by atoms with Crippen LogP contribution in [0.15, 0.2) is 42.5 Å². The van der Waals surface area contributed by atoms with Crippen LogP contribution in [0.5, 0.6) is 0 Å². The average Bonchev–Trinajstić information content (AvgIpc) is 2.55. The molecule has 2 aromatic rings. The molecule has 0 amide bonds. The zero-order valence-electron chi connectivity index (χ0n) is 12.8. The van der Waals surface area contributed by atoms with Crippen molar-refractivity contribution < 1.29 is 17.9 Å². The highest BCUT2D eigenvalue weighted by atomic mass is 35.5. The molecule has 0 bridgehead atoms. The predicted octanol–water partition coefficient (Wildman–Crippen LogP) is 3.76. The van der Waals surface area contributed by atoms with Gasteiger partial charge < -0.3 is 4.74 Å². The lowest BCUT2D eigenvalue weighted by Crippen LogP contribution is -2.20. The normalized spacial score (nSPS) is 11.1. The lowest BCUT2D eigenvalue weighted by atomic mass is 10.2. The second kappa shape index (κ2) is 7.88. The second-order valence-electron chi connectivity index (χ2n) is 4.92. The zero-order valence-corrected chi connectivity index (χ0v) is 15.1. The van der Waals surface area contributed by atoms with Crippen LogP contribution in [0.4, 0.5) is 5.69 Å². The van der Waals surface area contributed by atoms with Crippen molar-refractivity contribution >= 4 is 44.9 Å². The summed E-state index contributed by atoms with van der Waals surface area (Å²) in [5.41, 5.74) is 0.946. The van der Waals surface area contributed by atoms with Crippen LogP contribution in [0.1, 0.15) is 15.9 Å². The minimum atomic E-state index is -3.69. The highest BCUT2D eigenvalue weighted by Gasteiger charge is 2.17. The number of halogens is 2. The van der Waals surface area contributed by atoms with Gasteiger partial charge in [-0.1, -0.05) is 47.5 Å².